The molecule has 1 aromatic heterocycles. The average Bonchev–Trinajstić information content (AvgIpc) is 2.53. The zero-order chi connectivity index (χ0) is 14.5. The number of aromatic nitrogens is 2. The first kappa shape index (κ1) is 14.5. The van der Waals surface area contributed by atoms with Crippen LogP contribution in [0.2, 0.25) is 0 Å². The lowest BCUT2D eigenvalue weighted by molar-refractivity contribution is -0.125. The van der Waals surface area contributed by atoms with Crippen LogP contribution in [-0.4, -0.2) is 36.0 Å². The number of carbonyl (C=O) groups is 1. The molecule has 1 amide bonds. The number of anilines is 2. The van der Waals surface area contributed by atoms with Gasteiger partial charge >= 0.3 is 0 Å². The summed E-state index contributed by atoms with van der Waals surface area (Å²) in [5.74, 6) is 7.95. The molecular weight excluding hydrogens is 256 g/mol. The van der Waals surface area contributed by atoms with E-state index < -0.39 is 0 Å². The van der Waals surface area contributed by atoms with Crippen LogP contribution < -0.4 is 21.5 Å². The van der Waals surface area contributed by atoms with Crippen molar-refractivity contribution in [2.75, 3.05) is 30.5 Å². The van der Waals surface area contributed by atoms with Crippen LogP contribution in [-0.2, 0) is 11.2 Å². The highest BCUT2D eigenvalue weighted by Crippen LogP contribution is 2.23. The molecule has 0 saturated carbocycles. The molecule has 0 aromatic carbocycles. The molecule has 110 valence electrons. The van der Waals surface area contributed by atoms with E-state index in [4.69, 9.17) is 5.84 Å². The van der Waals surface area contributed by atoms with Crippen molar-refractivity contribution in [1.29, 1.82) is 0 Å². The molecule has 4 N–H and O–H groups in total. The van der Waals surface area contributed by atoms with Crippen LogP contribution in [0.4, 0.5) is 11.6 Å². The highest BCUT2D eigenvalue weighted by molar-refractivity contribution is 5.78. The topological polar surface area (TPSA) is 96.2 Å². The summed E-state index contributed by atoms with van der Waals surface area (Å²) >= 11 is 0. The Kier molecular flexibility index (Phi) is 4.73. The van der Waals surface area contributed by atoms with Gasteiger partial charge in [-0.1, -0.05) is 6.92 Å². The molecule has 1 saturated heterocycles. The van der Waals surface area contributed by atoms with Crippen LogP contribution in [0.25, 0.3) is 0 Å². The fourth-order valence-electron chi connectivity index (χ4n) is 2.45. The number of carbonyl (C=O) groups excluding carboxylic acids is 1. The predicted octanol–water partition coefficient (Wildman–Crippen LogP) is 0.287. The smallest absolute Gasteiger partial charge is 0.222 e. The van der Waals surface area contributed by atoms with Gasteiger partial charge in [-0.05, 0) is 12.8 Å². The van der Waals surface area contributed by atoms with E-state index in [2.05, 4.69) is 25.6 Å². The fraction of sp³-hybridized carbons (Fsp3) is 0.615. The zero-order valence-corrected chi connectivity index (χ0v) is 12.0. The maximum Gasteiger partial charge on any atom is 0.222 e. The third-order valence-electron chi connectivity index (χ3n) is 3.66. The Morgan fingerprint density at radius 1 is 1.45 bits per heavy atom. The number of hydrogen-bond donors (Lipinski definition) is 3. The molecule has 7 heteroatoms. The molecule has 0 unspecified atom stereocenters. The van der Waals surface area contributed by atoms with Crippen molar-refractivity contribution in [3.63, 3.8) is 0 Å². The first-order valence-corrected chi connectivity index (χ1v) is 6.99. The van der Waals surface area contributed by atoms with Gasteiger partial charge in [0, 0.05) is 38.5 Å². The van der Waals surface area contributed by atoms with Crippen LogP contribution in [0.5, 0.6) is 0 Å². The Balaban J connectivity index is 2.08. The van der Waals surface area contributed by atoms with Gasteiger partial charge in [0.1, 0.15) is 17.5 Å². The average molecular weight is 278 g/mol. The molecule has 2 rings (SSSR count). The summed E-state index contributed by atoms with van der Waals surface area (Å²) in [6, 6.07) is 1.85. The Morgan fingerprint density at radius 3 is 2.70 bits per heavy atom. The van der Waals surface area contributed by atoms with E-state index in [0.29, 0.717) is 5.82 Å². The van der Waals surface area contributed by atoms with Crippen LogP contribution >= 0.6 is 0 Å². The third-order valence-corrected chi connectivity index (χ3v) is 3.66. The van der Waals surface area contributed by atoms with E-state index in [9.17, 15) is 4.79 Å². The number of nitrogens with two attached hydrogens (primary N) is 1. The molecular formula is C13H22N6O. The van der Waals surface area contributed by atoms with Crippen molar-refractivity contribution >= 4 is 17.5 Å². The fourth-order valence-corrected chi connectivity index (χ4v) is 2.45. The highest BCUT2D eigenvalue weighted by atomic mass is 16.1. The predicted molar refractivity (Wildman–Crippen MR) is 78.2 cm³/mol. The molecule has 7 nitrogen and oxygen atoms in total. The van der Waals surface area contributed by atoms with Gasteiger partial charge in [0.2, 0.25) is 5.91 Å². The quantitative estimate of drug-likeness (QED) is 0.541. The van der Waals surface area contributed by atoms with Gasteiger partial charge in [0.25, 0.3) is 0 Å². The molecule has 1 aliphatic heterocycles. The van der Waals surface area contributed by atoms with Gasteiger partial charge in [-0.2, -0.15) is 0 Å². The Bertz CT molecular complexity index is 448. The lowest BCUT2D eigenvalue weighted by Gasteiger charge is -2.32. The normalized spacial score (nSPS) is 16.1. The van der Waals surface area contributed by atoms with Crippen LogP contribution in [0.3, 0.4) is 0 Å². The standard InChI is InChI=1S/C13H22N6O/c1-3-10-16-11(18-14)8-12(17-10)19-6-4-9(5-7-19)13(20)15-2/h8-9H,3-7,14H2,1-2H3,(H,15,20)(H,16,17,18). The van der Waals surface area contributed by atoms with Crippen LogP contribution in [0.15, 0.2) is 6.07 Å². The lowest BCUT2D eigenvalue weighted by Crippen LogP contribution is -2.40. The van der Waals surface area contributed by atoms with Gasteiger partial charge in [0.05, 0.1) is 0 Å². The van der Waals surface area contributed by atoms with Gasteiger partial charge in [-0.25, -0.2) is 15.8 Å². The maximum absolute atomic E-state index is 11.6. The minimum atomic E-state index is 0.107. The summed E-state index contributed by atoms with van der Waals surface area (Å²) in [6.07, 6.45) is 2.45. The van der Waals surface area contributed by atoms with Crippen molar-refractivity contribution in [2.24, 2.45) is 11.8 Å². The molecule has 20 heavy (non-hydrogen) atoms. The summed E-state index contributed by atoms with van der Waals surface area (Å²) in [7, 11) is 1.69. The van der Waals surface area contributed by atoms with Crippen LogP contribution in [0.1, 0.15) is 25.6 Å². The van der Waals surface area contributed by atoms with E-state index in [1.165, 1.54) is 0 Å². The highest BCUT2D eigenvalue weighted by Gasteiger charge is 2.25. The molecule has 0 radical (unpaired) electrons. The molecule has 0 atom stereocenters. The van der Waals surface area contributed by atoms with E-state index in [0.717, 1.165) is 44.0 Å². The third kappa shape index (κ3) is 3.16. The maximum atomic E-state index is 11.6. The second kappa shape index (κ2) is 6.51. The molecule has 1 aliphatic rings. The van der Waals surface area contributed by atoms with Crippen LogP contribution in [0, 0.1) is 5.92 Å². The Labute approximate surface area is 118 Å². The second-order valence-electron chi connectivity index (χ2n) is 4.90. The first-order valence-electron chi connectivity index (χ1n) is 6.99. The minimum absolute atomic E-state index is 0.107. The number of hydrazine groups is 1. The van der Waals surface area contributed by atoms with Crippen molar-refractivity contribution in [3.05, 3.63) is 11.9 Å². The number of nitrogens with zero attached hydrogens (tertiary/aromatic N) is 3. The number of aryl methyl sites for hydroxylation is 1. The molecule has 2 heterocycles. The van der Waals surface area contributed by atoms with Crippen molar-refractivity contribution in [2.45, 2.75) is 26.2 Å². The van der Waals surface area contributed by atoms with Gasteiger partial charge in [-0.15, -0.1) is 0 Å². The van der Waals surface area contributed by atoms with E-state index in [-0.39, 0.29) is 11.8 Å². The number of nitrogens with one attached hydrogen (secondary N) is 2. The summed E-state index contributed by atoms with van der Waals surface area (Å²) in [4.78, 5) is 22.6. The molecule has 0 aliphatic carbocycles. The van der Waals surface area contributed by atoms with Crippen molar-refractivity contribution in [3.8, 4) is 0 Å². The number of piperidine rings is 1. The molecule has 0 spiro atoms. The monoisotopic (exact) mass is 278 g/mol. The zero-order valence-electron chi connectivity index (χ0n) is 12.0. The van der Waals surface area contributed by atoms with Crippen molar-refractivity contribution in [1.82, 2.24) is 15.3 Å². The first-order chi connectivity index (χ1) is 9.67. The number of hydrogen-bond acceptors (Lipinski definition) is 6. The van der Waals surface area contributed by atoms with E-state index in [1.54, 1.807) is 7.05 Å². The lowest BCUT2D eigenvalue weighted by atomic mass is 9.96. The minimum Gasteiger partial charge on any atom is -0.359 e. The Morgan fingerprint density at radius 2 is 2.15 bits per heavy atom. The summed E-state index contributed by atoms with van der Waals surface area (Å²) < 4.78 is 0. The molecule has 0 bridgehead atoms. The summed E-state index contributed by atoms with van der Waals surface area (Å²) in [6.45, 7) is 3.65. The summed E-state index contributed by atoms with van der Waals surface area (Å²) in [5, 5.41) is 2.72. The molecule has 1 aromatic rings. The van der Waals surface area contributed by atoms with Crippen molar-refractivity contribution < 1.29 is 4.79 Å². The number of amides is 1. The number of rotatable bonds is 4. The van der Waals surface area contributed by atoms with Gasteiger partial charge in [-0.3, -0.25) is 4.79 Å². The van der Waals surface area contributed by atoms with Gasteiger partial charge in [0.15, 0.2) is 0 Å². The van der Waals surface area contributed by atoms with Gasteiger partial charge < -0.3 is 15.6 Å². The van der Waals surface area contributed by atoms with E-state index in [1.807, 2.05) is 13.0 Å². The summed E-state index contributed by atoms with van der Waals surface area (Å²) in [5.41, 5.74) is 2.58. The SMILES string of the molecule is CCc1nc(NN)cc(N2CCC(C(=O)NC)CC2)n1. The molecule has 1 fully saturated rings. The second-order valence-corrected chi connectivity index (χ2v) is 4.90. The van der Waals surface area contributed by atoms with E-state index >= 15 is 0 Å². The Hall–Kier alpha value is -1.89. The number of nitrogen functional groups attached to an aromatic ring is 1. The largest absolute Gasteiger partial charge is 0.359 e.